The number of ether oxygens (including phenoxy) is 2. The summed E-state index contributed by atoms with van der Waals surface area (Å²) in [6, 6.07) is 6.70. The number of rotatable bonds is 3. The van der Waals surface area contributed by atoms with E-state index in [-0.39, 0.29) is 23.9 Å². The van der Waals surface area contributed by atoms with Gasteiger partial charge in [-0.25, -0.2) is 4.79 Å². The molecule has 3 rings (SSSR count). The zero-order valence-corrected chi connectivity index (χ0v) is 15.7. The van der Waals surface area contributed by atoms with Gasteiger partial charge in [0.15, 0.2) is 6.61 Å². The van der Waals surface area contributed by atoms with Crippen molar-refractivity contribution in [3.63, 3.8) is 0 Å². The average Bonchev–Trinajstić information content (AvgIpc) is 2.82. The van der Waals surface area contributed by atoms with Gasteiger partial charge >= 0.3 is 12.3 Å². The Morgan fingerprint density at radius 2 is 1.81 bits per heavy atom. The van der Waals surface area contributed by atoms with Gasteiger partial charge in [-0.2, -0.15) is 13.2 Å². The number of fused-ring (bicyclic) bond motifs is 2. The summed E-state index contributed by atoms with van der Waals surface area (Å²) in [6.45, 7) is 4.24. The molecular formula is C20H24F3NO3. The lowest BCUT2D eigenvalue weighted by Crippen LogP contribution is -2.45. The van der Waals surface area contributed by atoms with Crippen molar-refractivity contribution in [1.29, 1.82) is 0 Å². The van der Waals surface area contributed by atoms with Crippen molar-refractivity contribution < 1.29 is 27.4 Å². The second kappa shape index (κ2) is 7.09. The highest BCUT2D eigenvalue weighted by atomic mass is 19.4. The molecule has 0 saturated carbocycles. The summed E-state index contributed by atoms with van der Waals surface area (Å²) < 4.78 is 47.0. The molecule has 2 aliphatic rings. The van der Waals surface area contributed by atoms with Gasteiger partial charge in [0.05, 0.1) is 6.04 Å². The van der Waals surface area contributed by atoms with Crippen LogP contribution < -0.4 is 4.74 Å². The van der Waals surface area contributed by atoms with E-state index in [0.29, 0.717) is 6.42 Å². The lowest BCUT2D eigenvalue weighted by Gasteiger charge is -2.35. The van der Waals surface area contributed by atoms with Crippen LogP contribution in [0.15, 0.2) is 30.3 Å². The molecule has 0 N–H and O–H groups in total. The van der Waals surface area contributed by atoms with E-state index in [1.54, 1.807) is 24.3 Å². The molecule has 2 aliphatic heterocycles. The number of hydrogen-bond donors (Lipinski definition) is 0. The Morgan fingerprint density at radius 1 is 1.15 bits per heavy atom. The molecule has 2 bridgehead atoms. The highest BCUT2D eigenvalue weighted by molar-refractivity contribution is 5.75. The standard InChI is InChI=1S/C20H24F3NO3/c1-19(2,3)27-18(25)24-15-6-7-16(24)11-14(10-15)13-4-8-17(9-5-13)26-12-20(21,22)23/h4-5,8-10,15-16H,6-7,11-12H2,1-3H3. The molecule has 0 aromatic heterocycles. The molecule has 2 atom stereocenters. The topological polar surface area (TPSA) is 38.8 Å². The number of benzene rings is 1. The second-order valence-corrected chi connectivity index (χ2v) is 8.01. The zero-order valence-electron chi connectivity index (χ0n) is 15.7. The maximum atomic E-state index is 12.5. The van der Waals surface area contributed by atoms with E-state index in [9.17, 15) is 18.0 Å². The third kappa shape index (κ3) is 4.96. The van der Waals surface area contributed by atoms with Crippen molar-refractivity contribution in [2.75, 3.05) is 6.61 Å². The summed E-state index contributed by atoms with van der Waals surface area (Å²) in [4.78, 5) is 14.3. The van der Waals surface area contributed by atoms with Crippen LogP contribution in [-0.2, 0) is 4.74 Å². The fraction of sp³-hybridized carbons (Fsp3) is 0.550. The maximum Gasteiger partial charge on any atom is 0.422 e. The van der Waals surface area contributed by atoms with Crippen LogP contribution >= 0.6 is 0 Å². The van der Waals surface area contributed by atoms with E-state index < -0.39 is 18.4 Å². The Labute approximate surface area is 156 Å². The van der Waals surface area contributed by atoms with Crippen molar-refractivity contribution in [2.24, 2.45) is 0 Å². The number of halogens is 3. The van der Waals surface area contributed by atoms with E-state index in [0.717, 1.165) is 24.0 Å². The first-order chi connectivity index (χ1) is 12.5. The summed E-state index contributed by atoms with van der Waals surface area (Å²) >= 11 is 0. The molecule has 0 radical (unpaired) electrons. The molecule has 148 valence electrons. The summed E-state index contributed by atoms with van der Waals surface area (Å²) in [7, 11) is 0. The molecule has 7 heteroatoms. The number of carbonyl (C=O) groups excluding carboxylic acids is 1. The number of hydrogen-bond acceptors (Lipinski definition) is 3. The summed E-state index contributed by atoms with van der Waals surface area (Å²) in [5, 5.41) is 0. The van der Waals surface area contributed by atoms with Crippen LogP contribution in [-0.4, -0.2) is 41.5 Å². The lowest BCUT2D eigenvalue weighted by atomic mass is 9.95. The van der Waals surface area contributed by atoms with E-state index in [1.807, 2.05) is 25.7 Å². The highest BCUT2D eigenvalue weighted by Gasteiger charge is 2.41. The average molecular weight is 383 g/mol. The van der Waals surface area contributed by atoms with Gasteiger partial charge in [-0.1, -0.05) is 18.2 Å². The first kappa shape index (κ1) is 19.6. The fourth-order valence-electron chi connectivity index (χ4n) is 3.57. The Hall–Kier alpha value is -2.18. The molecule has 1 amide bonds. The lowest BCUT2D eigenvalue weighted by molar-refractivity contribution is -0.153. The van der Waals surface area contributed by atoms with Crippen molar-refractivity contribution >= 4 is 11.7 Å². The second-order valence-electron chi connectivity index (χ2n) is 8.01. The largest absolute Gasteiger partial charge is 0.484 e. The molecule has 1 aromatic carbocycles. The van der Waals surface area contributed by atoms with Gasteiger partial charge in [-0.3, -0.25) is 4.90 Å². The summed E-state index contributed by atoms with van der Waals surface area (Å²) in [5.41, 5.74) is 1.51. The molecule has 1 aromatic rings. The quantitative estimate of drug-likeness (QED) is 0.722. The fourth-order valence-corrected chi connectivity index (χ4v) is 3.57. The van der Waals surface area contributed by atoms with Gasteiger partial charge in [-0.05, 0) is 63.3 Å². The summed E-state index contributed by atoms with van der Waals surface area (Å²) in [5.74, 6) is 0.186. The minimum absolute atomic E-state index is 0.00486. The molecule has 2 unspecified atom stereocenters. The Bertz CT molecular complexity index is 719. The predicted octanol–water partition coefficient (Wildman–Crippen LogP) is 5.18. The van der Waals surface area contributed by atoms with Crippen LogP contribution in [0.25, 0.3) is 5.57 Å². The minimum atomic E-state index is -4.35. The Kier molecular flexibility index (Phi) is 5.14. The van der Waals surface area contributed by atoms with Crippen LogP contribution in [0.1, 0.15) is 45.6 Å². The smallest absolute Gasteiger partial charge is 0.422 e. The molecule has 1 fully saturated rings. The van der Waals surface area contributed by atoms with Gasteiger partial charge in [0.1, 0.15) is 11.4 Å². The van der Waals surface area contributed by atoms with E-state index in [2.05, 4.69) is 6.08 Å². The van der Waals surface area contributed by atoms with E-state index in [1.165, 1.54) is 0 Å². The van der Waals surface area contributed by atoms with Gasteiger partial charge in [0, 0.05) is 6.04 Å². The van der Waals surface area contributed by atoms with Crippen LogP contribution in [0.5, 0.6) is 5.75 Å². The third-order valence-corrected chi connectivity index (χ3v) is 4.63. The van der Waals surface area contributed by atoms with Crippen molar-refractivity contribution in [1.82, 2.24) is 4.90 Å². The van der Waals surface area contributed by atoms with Crippen molar-refractivity contribution in [3.8, 4) is 5.75 Å². The first-order valence-electron chi connectivity index (χ1n) is 9.04. The van der Waals surface area contributed by atoms with Crippen molar-refractivity contribution in [2.45, 2.75) is 63.9 Å². The van der Waals surface area contributed by atoms with Crippen molar-refractivity contribution in [3.05, 3.63) is 35.9 Å². The van der Waals surface area contributed by atoms with E-state index >= 15 is 0 Å². The first-order valence-corrected chi connectivity index (χ1v) is 9.04. The Balaban J connectivity index is 1.69. The predicted molar refractivity (Wildman–Crippen MR) is 95.5 cm³/mol. The third-order valence-electron chi connectivity index (χ3n) is 4.63. The SMILES string of the molecule is CC(C)(C)OC(=O)N1C2C=C(c3ccc(OCC(F)(F)F)cc3)CC1CC2. The maximum absolute atomic E-state index is 12.5. The van der Waals surface area contributed by atoms with E-state index in [4.69, 9.17) is 9.47 Å². The number of nitrogens with zero attached hydrogens (tertiary/aromatic N) is 1. The van der Waals surface area contributed by atoms with Crippen LogP contribution in [0.3, 0.4) is 0 Å². The van der Waals surface area contributed by atoms with Gasteiger partial charge in [0.25, 0.3) is 0 Å². The summed E-state index contributed by atoms with van der Waals surface area (Å²) in [6.07, 6.45) is -0.0651. The number of amides is 1. The van der Waals surface area contributed by atoms with Crippen LogP contribution in [0, 0.1) is 0 Å². The minimum Gasteiger partial charge on any atom is -0.484 e. The van der Waals surface area contributed by atoms with Crippen LogP contribution in [0.2, 0.25) is 0 Å². The van der Waals surface area contributed by atoms with Gasteiger partial charge in [-0.15, -0.1) is 0 Å². The van der Waals surface area contributed by atoms with Gasteiger partial charge < -0.3 is 9.47 Å². The number of alkyl halides is 3. The highest BCUT2D eigenvalue weighted by Crippen LogP contribution is 2.39. The molecule has 0 aliphatic carbocycles. The normalized spacial score (nSPS) is 22.4. The molecule has 0 spiro atoms. The molecule has 2 heterocycles. The zero-order chi connectivity index (χ0) is 19.8. The molecular weight excluding hydrogens is 359 g/mol. The molecule has 1 saturated heterocycles. The molecule has 4 nitrogen and oxygen atoms in total. The Morgan fingerprint density at radius 3 is 2.37 bits per heavy atom. The molecule has 27 heavy (non-hydrogen) atoms. The van der Waals surface area contributed by atoms with Gasteiger partial charge in [0.2, 0.25) is 0 Å². The monoisotopic (exact) mass is 383 g/mol. The van der Waals surface area contributed by atoms with Crippen LogP contribution in [0.4, 0.5) is 18.0 Å². The number of carbonyl (C=O) groups is 1.